The summed E-state index contributed by atoms with van der Waals surface area (Å²) in [6.45, 7) is 6.80. The number of halogens is 1. The first-order valence-electron chi connectivity index (χ1n) is 5.19. The highest BCUT2D eigenvalue weighted by Crippen LogP contribution is 2.20. The van der Waals surface area contributed by atoms with E-state index in [4.69, 9.17) is 11.6 Å². The van der Waals surface area contributed by atoms with Crippen LogP contribution < -0.4 is 0 Å². The van der Waals surface area contributed by atoms with E-state index in [9.17, 15) is 4.79 Å². The van der Waals surface area contributed by atoms with Crippen molar-refractivity contribution in [2.75, 3.05) is 12.9 Å². The number of nitrogens with one attached hydrogen (secondary N) is 1. The van der Waals surface area contributed by atoms with Gasteiger partial charge in [0.1, 0.15) is 5.88 Å². The van der Waals surface area contributed by atoms with Gasteiger partial charge in [-0.1, -0.05) is 20.8 Å². The second-order valence-electron chi connectivity index (χ2n) is 4.91. The summed E-state index contributed by atoms with van der Waals surface area (Å²) in [6.07, 6.45) is 0. The third kappa shape index (κ3) is 3.23. The van der Waals surface area contributed by atoms with Crippen LogP contribution in [0.15, 0.2) is 6.07 Å². The number of carbonyl (C=O) groups excluding carboxylic acids is 1. The lowest BCUT2D eigenvalue weighted by molar-refractivity contribution is -0.127. The molecule has 1 aromatic rings. The van der Waals surface area contributed by atoms with Crippen molar-refractivity contribution < 1.29 is 4.79 Å². The molecule has 5 heteroatoms. The first kappa shape index (κ1) is 13.0. The SMILES string of the molecule is CN(Cc1cc(C(C)(C)C)n[nH]1)C(=O)CCl. The maximum absolute atomic E-state index is 11.3. The molecule has 0 aliphatic heterocycles. The molecular weight excluding hydrogens is 226 g/mol. The third-order valence-corrected chi connectivity index (χ3v) is 2.58. The van der Waals surface area contributed by atoms with Gasteiger partial charge in [-0.25, -0.2) is 0 Å². The number of H-pyrrole nitrogens is 1. The minimum atomic E-state index is -0.0893. The number of hydrogen-bond acceptors (Lipinski definition) is 2. The summed E-state index contributed by atoms with van der Waals surface area (Å²) in [5, 5.41) is 7.16. The second-order valence-corrected chi connectivity index (χ2v) is 5.18. The minimum absolute atomic E-state index is 0.0107. The molecule has 0 saturated carbocycles. The van der Waals surface area contributed by atoms with Crippen molar-refractivity contribution in [3.63, 3.8) is 0 Å². The normalized spacial score (nSPS) is 11.6. The van der Waals surface area contributed by atoms with Crippen LogP contribution >= 0.6 is 11.6 Å². The Labute approximate surface area is 101 Å². The Balaban J connectivity index is 2.69. The molecule has 0 bridgehead atoms. The maximum Gasteiger partial charge on any atom is 0.237 e. The molecule has 0 saturated heterocycles. The van der Waals surface area contributed by atoms with E-state index in [1.54, 1.807) is 11.9 Å². The van der Waals surface area contributed by atoms with Gasteiger partial charge in [-0.2, -0.15) is 5.10 Å². The highest BCUT2D eigenvalue weighted by atomic mass is 35.5. The Morgan fingerprint density at radius 1 is 1.56 bits per heavy atom. The quantitative estimate of drug-likeness (QED) is 0.825. The van der Waals surface area contributed by atoms with Crippen LogP contribution in [0.4, 0.5) is 0 Å². The Morgan fingerprint density at radius 3 is 2.62 bits per heavy atom. The third-order valence-electron chi connectivity index (χ3n) is 2.35. The zero-order chi connectivity index (χ0) is 12.3. The molecule has 4 nitrogen and oxygen atoms in total. The first-order valence-corrected chi connectivity index (χ1v) is 5.72. The van der Waals surface area contributed by atoms with Crippen LogP contribution in [0.25, 0.3) is 0 Å². The van der Waals surface area contributed by atoms with Crippen molar-refractivity contribution in [1.82, 2.24) is 15.1 Å². The summed E-state index contributed by atoms with van der Waals surface area (Å²) in [6, 6.07) is 1.98. The molecule has 0 aliphatic carbocycles. The Hall–Kier alpha value is -1.03. The Kier molecular flexibility index (Phi) is 3.97. The van der Waals surface area contributed by atoms with E-state index in [2.05, 4.69) is 31.0 Å². The van der Waals surface area contributed by atoms with Crippen molar-refractivity contribution in [1.29, 1.82) is 0 Å². The molecule has 0 aliphatic rings. The van der Waals surface area contributed by atoms with E-state index in [-0.39, 0.29) is 17.2 Å². The van der Waals surface area contributed by atoms with Gasteiger partial charge in [0.2, 0.25) is 5.91 Å². The summed E-state index contributed by atoms with van der Waals surface area (Å²) in [4.78, 5) is 12.9. The average molecular weight is 244 g/mol. The molecule has 16 heavy (non-hydrogen) atoms. The highest BCUT2D eigenvalue weighted by Gasteiger charge is 2.18. The fraction of sp³-hybridized carbons (Fsp3) is 0.636. The largest absolute Gasteiger partial charge is 0.339 e. The molecule has 1 heterocycles. The van der Waals surface area contributed by atoms with Crippen molar-refractivity contribution in [3.8, 4) is 0 Å². The molecule has 0 atom stereocenters. The monoisotopic (exact) mass is 243 g/mol. The second kappa shape index (κ2) is 4.87. The van der Waals surface area contributed by atoms with Crippen LogP contribution in [0.5, 0.6) is 0 Å². The fourth-order valence-electron chi connectivity index (χ4n) is 1.27. The van der Waals surface area contributed by atoms with Crippen LogP contribution in [0.2, 0.25) is 0 Å². The number of alkyl halides is 1. The van der Waals surface area contributed by atoms with Gasteiger partial charge in [0.05, 0.1) is 17.9 Å². The van der Waals surface area contributed by atoms with Crippen LogP contribution in [0.3, 0.4) is 0 Å². The molecule has 0 unspecified atom stereocenters. The van der Waals surface area contributed by atoms with Gasteiger partial charge in [0.15, 0.2) is 0 Å². The minimum Gasteiger partial charge on any atom is -0.339 e. The molecule has 0 fully saturated rings. The van der Waals surface area contributed by atoms with Crippen molar-refractivity contribution in [3.05, 3.63) is 17.5 Å². The number of amides is 1. The summed E-state index contributed by atoms with van der Waals surface area (Å²) in [5.74, 6) is -0.0786. The molecule has 1 aromatic heterocycles. The van der Waals surface area contributed by atoms with E-state index in [1.807, 2.05) is 6.07 Å². The Morgan fingerprint density at radius 2 is 2.19 bits per heavy atom. The van der Waals surface area contributed by atoms with Gasteiger partial charge in [-0.15, -0.1) is 11.6 Å². The van der Waals surface area contributed by atoms with Gasteiger partial charge in [-0.05, 0) is 6.07 Å². The van der Waals surface area contributed by atoms with Crippen molar-refractivity contribution >= 4 is 17.5 Å². The van der Waals surface area contributed by atoms with E-state index in [0.29, 0.717) is 6.54 Å². The molecule has 0 aromatic carbocycles. The number of aromatic nitrogens is 2. The average Bonchev–Trinajstić information content (AvgIpc) is 2.64. The summed E-state index contributed by atoms with van der Waals surface area (Å²) in [7, 11) is 1.72. The number of hydrogen-bond donors (Lipinski definition) is 1. The van der Waals surface area contributed by atoms with Crippen LogP contribution in [-0.4, -0.2) is 33.9 Å². The molecular formula is C11H18ClN3O. The van der Waals surface area contributed by atoms with Gasteiger partial charge in [0.25, 0.3) is 0 Å². The van der Waals surface area contributed by atoms with Gasteiger partial charge in [0, 0.05) is 12.5 Å². The lowest BCUT2D eigenvalue weighted by Crippen LogP contribution is -2.27. The lowest BCUT2D eigenvalue weighted by Gasteiger charge is -2.15. The number of carbonyl (C=O) groups is 1. The summed E-state index contributed by atoms with van der Waals surface area (Å²) in [5.41, 5.74) is 1.93. The van der Waals surface area contributed by atoms with Gasteiger partial charge in [-0.3, -0.25) is 9.89 Å². The molecule has 1 amide bonds. The van der Waals surface area contributed by atoms with E-state index in [1.165, 1.54) is 0 Å². The van der Waals surface area contributed by atoms with E-state index < -0.39 is 0 Å². The smallest absolute Gasteiger partial charge is 0.237 e. The van der Waals surface area contributed by atoms with Crippen LogP contribution in [0.1, 0.15) is 32.2 Å². The fourth-order valence-corrected chi connectivity index (χ4v) is 1.48. The van der Waals surface area contributed by atoms with Crippen LogP contribution in [0, 0.1) is 0 Å². The molecule has 90 valence electrons. The zero-order valence-corrected chi connectivity index (χ0v) is 10.9. The highest BCUT2D eigenvalue weighted by molar-refractivity contribution is 6.27. The molecule has 0 radical (unpaired) electrons. The predicted molar refractivity (Wildman–Crippen MR) is 64.5 cm³/mol. The number of rotatable bonds is 3. The number of nitrogens with zero attached hydrogens (tertiary/aromatic N) is 2. The van der Waals surface area contributed by atoms with Crippen molar-refractivity contribution in [2.24, 2.45) is 0 Å². The molecule has 0 spiro atoms. The van der Waals surface area contributed by atoms with Crippen LogP contribution in [-0.2, 0) is 16.8 Å². The summed E-state index contributed by atoms with van der Waals surface area (Å²) < 4.78 is 0. The van der Waals surface area contributed by atoms with Crippen molar-refractivity contribution in [2.45, 2.75) is 32.7 Å². The lowest BCUT2D eigenvalue weighted by atomic mass is 9.92. The molecule has 1 N–H and O–H groups in total. The predicted octanol–water partition coefficient (Wildman–Crippen LogP) is 1.90. The van der Waals surface area contributed by atoms with Gasteiger partial charge >= 0.3 is 0 Å². The topological polar surface area (TPSA) is 49.0 Å². The van der Waals surface area contributed by atoms with E-state index >= 15 is 0 Å². The maximum atomic E-state index is 11.3. The summed E-state index contributed by atoms with van der Waals surface area (Å²) >= 11 is 5.47. The zero-order valence-electron chi connectivity index (χ0n) is 10.2. The Bertz CT molecular complexity index is 368. The molecule has 1 rings (SSSR count). The van der Waals surface area contributed by atoms with E-state index in [0.717, 1.165) is 11.4 Å². The number of aromatic amines is 1. The standard InChI is InChI=1S/C11H18ClN3O/c1-11(2,3)9-5-8(13-14-9)7-15(4)10(16)6-12/h5H,6-7H2,1-4H3,(H,13,14). The van der Waals surface area contributed by atoms with Gasteiger partial charge < -0.3 is 4.90 Å². The first-order chi connectivity index (χ1) is 7.34.